The van der Waals surface area contributed by atoms with E-state index in [1.165, 1.54) is 16.2 Å². The number of pyridine rings is 2. The largest absolute Gasteiger partial charge is 0.383 e. The van der Waals surface area contributed by atoms with Gasteiger partial charge in [-0.1, -0.05) is 0 Å². The first-order valence-electron chi connectivity index (χ1n) is 9.70. The third-order valence-corrected chi connectivity index (χ3v) is 6.39. The molecule has 0 amide bonds. The number of thioether (sulfide) groups is 1. The Bertz CT molecular complexity index is 815. The van der Waals surface area contributed by atoms with Crippen molar-refractivity contribution in [2.75, 3.05) is 55.6 Å². The lowest BCUT2D eigenvalue weighted by Crippen LogP contribution is -2.52. The van der Waals surface area contributed by atoms with Crippen molar-refractivity contribution in [2.24, 2.45) is 0 Å². The maximum absolute atomic E-state index is 5.24. The molecule has 4 rings (SSSR count). The van der Waals surface area contributed by atoms with Gasteiger partial charge in [0.2, 0.25) is 0 Å². The molecule has 1 saturated heterocycles. The Morgan fingerprint density at radius 2 is 2.04 bits per heavy atom. The van der Waals surface area contributed by atoms with Crippen LogP contribution in [0.4, 0.5) is 11.5 Å². The minimum Gasteiger partial charge on any atom is -0.383 e. The molecule has 6 nitrogen and oxygen atoms in total. The molecule has 28 heavy (non-hydrogen) atoms. The number of anilines is 2. The number of rotatable bonds is 6. The number of nitrogens with zero attached hydrogens (tertiary/aromatic N) is 5. The Hall–Kier alpha value is -2.09. The van der Waals surface area contributed by atoms with Crippen LogP contribution in [0.2, 0.25) is 0 Å². The summed E-state index contributed by atoms with van der Waals surface area (Å²) >= 11 is 1.84. The topological polar surface area (TPSA) is 44.7 Å². The van der Waals surface area contributed by atoms with Crippen LogP contribution in [0.15, 0.2) is 49.1 Å². The van der Waals surface area contributed by atoms with Gasteiger partial charge in [0, 0.05) is 80.8 Å². The van der Waals surface area contributed by atoms with Crippen LogP contribution in [0.3, 0.4) is 0 Å². The Kier molecular flexibility index (Phi) is 6.14. The van der Waals surface area contributed by atoms with Gasteiger partial charge in [0.25, 0.3) is 0 Å². The molecule has 1 unspecified atom stereocenters. The van der Waals surface area contributed by atoms with Gasteiger partial charge >= 0.3 is 0 Å². The molecule has 0 spiro atoms. The summed E-state index contributed by atoms with van der Waals surface area (Å²) in [6.45, 7) is 7.21. The Morgan fingerprint density at radius 1 is 1.18 bits per heavy atom. The molecule has 148 valence electrons. The zero-order chi connectivity index (χ0) is 19.3. The Morgan fingerprint density at radius 3 is 2.82 bits per heavy atom. The normalized spacial score (nSPS) is 20.5. The molecule has 0 bridgehead atoms. The van der Waals surface area contributed by atoms with Crippen LogP contribution >= 0.6 is 11.8 Å². The van der Waals surface area contributed by atoms with Gasteiger partial charge < -0.3 is 14.5 Å². The average molecular weight is 398 g/mol. The number of hydrogen-bond acceptors (Lipinski definition) is 7. The lowest BCUT2D eigenvalue weighted by molar-refractivity contribution is 0.117. The zero-order valence-corrected chi connectivity index (χ0v) is 17.3. The van der Waals surface area contributed by atoms with E-state index in [1.807, 2.05) is 30.4 Å². The highest BCUT2D eigenvalue weighted by Gasteiger charge is 2.24. The van der Waals surface area contributed by atoms with Crippen molar-refractivity contribution in [3.63, 3.8) is 0 Å². The van der Waals surface area contributed by atoms with Crippen molar-refractivity contribution in [2.45, 2.75) is 13.0 Å². The second-order valence-corrected chi connectivity index (χ2v) is 8.16. The molecule has 2 aliphatic heterocycles. The van der Waals surface area contributed by atoms with E-state index in [0.29, 0.717) is 6.04 Å². The minimum absolute atomic E-state index is 0.515. The highest BCUT2D eigenvalue weighted by molar-refractivity contribution is 8.08. The van der Waals surface area contributed by atoms with E-state index in [-0.39, 0.29) is 0 Å². The molecule has 1 atom stereocenters. The molecule has 0 saturated carbocycles. The van der Waals surface area contributed by atoms with Gasteiger partial charge in [-0.05, 0) is 30.7 Å². The summed E-state index contributed by atoms with van der Waals surface area (Å²) in [6.07, 6.45) is 7.80. The lowest BCUT2D eigenvalue weighted by Gasteiger charge is -2.41. The summed E-state index contributed by atoms with van der Waals surface area (Å²) in [5.41, 5.74) is 2.46. The van der Waals surface area contributed by atoms with Crippen LogP contribution in [0.1, 0.15) is 12.5 Å². The zero-order valence-electron chi connectivity index (χ0n) is 16.5. The summed E-state index contributed by atoms with van der Waals surface area (Å²) in [6, 6.07) is 8.95. The molecular formula is C21H27N5OS. The van der Waals surface area contributed by atoms with Crippen molar-refractivity contribution in [1.29, 1.82) is 0 Å². The average Bonchev–Trinajstić information content (AvgIpc) is 3.24. The van der Waals surface area contributed by atoms with Gasteiger partial charge in [0.1, 0.15) is 5.82 Å². The first-order valence-corrected chi connectivity index (χ1v) is 10.7. The fraction of sp³-hybridized carbons (Fsp3) is 0.429. The smallest absolute Gasteiger partial charge is 0.135 e. The standard InChI is InChI=1S/C21H27N5OS/c1-17-14-25(10-9-24(17)11-12-27-2)19-5-8-23-21(13-19)26-15-20(28-16-26)18-3-6-22-7-4-18/h3-8,13,15,17H,9-12,14,16H2,1-2H3. The fourth-order valence-corrected chi connectivity index (χ4v) is 4.68. The van der Waals surface area contributed by atoms with Crippen LogP contribution in [-0.4, -0.2) is 66.7 Å². The number of methoxy groups -OCH3 is 1. The second kappa shape index (κ2) is 8.94. The Balaban J connectivity index is 1.45. The first-order chi connectivity index (χ1) is 13.7. The lowest BCUT2D eigenvalue weighted by atomic mass is 10.1. The molecule has 2 aromatic rings. The fourth-order valence-electron chi connectivity index (χ4n) is 3.69. The van der Waals surface area contributed by atoms with Gasteiger partial charge in [0.15, 0.2) is 0 Å². The number of piperazine rings is 1. The third kappa shape index (κ3) is 4.32. The second-order valence-electron chi connectivity index (χ2n) is 7.17. The van der Waals surface area contributed by atoms with Crippen LogP contribution in [0, 0.1) is 0 Å². The monoisotopic (exact) mass is 397 g/mol. The van der Waals surface area contributed by atoms with Crippen LogP contribution in [0.25, 0.3) is 4.91 Å². The van der Waals surface area contributed by atoms with E-state index in [2.05, 4.69) is 62.1 Å². The SMILES string of the molecule is COCCN1CCN(c2ccnc(N3C=C(c4ccncc4)SC3)c2)CC1C. The summed E-state index contributed by atoms with van der Waals surface area (Å²) in [7, 11) is 1.77. The molecule has 0 N–H and O–H groups in total. The van der Waals surface area contributed by atoms with Crippen molar-refractivity contribution in [1.82, 2.24) is 14.9 Å². The van der Waals surface area contributed by atoms with Crippen molar-refractivity contribution < 1.29 is 4.74 Å². The minimum atomic E-state index is 0.515. The summed E-state index contributed by atoms with van der Waals surface area (Å²) in [4.78, 5) is 17.2. The summed E-state index contributed by atoms with van der Waals surface area (Å²) in [5.74, 6) is 1.89. The molecule has 0 radical (unpaired) electrons. The number of aromatic nitrogens is 2. The molecule has 0 aromatic carbocycles. The van der Waals surface area contributed by atoms with Crippen molar-refractivity contribution in [3.8, 4) is 0 Å². The molecular weight excluding hydrogens is 370 g/mol. The van der Waals surface area contributed by atoms with E-state index in [4.69, 9.17) is 4.74 Å². The van der Waals surface area contributed by atoms with Gasteiger partial charge in [-0.15, -0.1) is 11.8 Å². The molecule has 7 heteroatoms. The van der Waals surface area contributed by atoms with Crippen LogP contribution in [-0.2, 0) is 4.74 Å². The van der Waals surface area contributed by atoms with E-state index >= 15 is 0 Å². The van der Waals surface area contributed by atoms with E-state index in [9.17, 15) is 0 Å². The van der Waals surface area contributed by atoms with E-state index in [0.717, 1.165) is 44.5 Å². The predicted molar refractivity (Wildman–Crippen MR) is 117 cm³/mol. The number of hydrogen-bond donors (Lipinski definition) is 0. The van der Waals surface area contributed by atoms with E-state index < -0.39 is 0 Å². The van der Waals surface area contributed by atoms with Gasteiger partial charge in [-0.25, -0.2) is 4.98 Å². The molecule has 0 aliphatic carbocycles. The molecule has 1 fully saturated rings. The quantitative estimate of drug-likeness (QED) is 0.742. The third-order valence-electron chi connectivity index (χ3n) is 5.33. The van der Waals surface area contributed by atoms with Crippen molar-refractivity contribution >= 4 is 28.2 Å². The maximum atomic E-state index is 5.24. The maximum Gasteiger partial charge on any atom is 0.135 e. The highest BCUT2D eigenvalue weighted by Crippen LogP contribution is 2.36. The van der Waals surface area contributed by atoms with Gasteiger partial charge in [-0.2, -0.15) is 0 Å². The first kappa shape index (κ1) is 19.2. The highest BCUT2D eigenvalue weighted by atomic mass is 32.2. The van der Waals surface area contributed by atoms with Gasteiger partial charge in [0.05, 0.1) is 12.5 Å². The predicted octanol–water partition coefficient (Wildman–Crippen LogP) is 3.14. The van der Waals surface area contributed by atoms with Crippen LogP contribution in [0.5, 0.6) is 0 Å². The van der Waals surface area contributed by atoms with Gasteiger partial charge in [-0.3, -0.25) is 9.88 Å². The summed E-state index contributed by atoms with van der Waals surface area (Å²) < 4.78 is 5.24. The van der Waals surface area contributed by atoms with E-state index in [1.54, 1.807) is 7.11 Å². The molecule has 4 heterocycles. The summed E-state index contributed by atoms with van der Waals surface area (Å²) in [5, 5.41) is 0. The Labute approximate surface area is 171 Å². The van der Waals surface area contributed by atoms with Crippen molar-refractivity contribution in [3.05, 3.63) is 54.6 Å². The van der Waals surface area contributed by atoms with Crippen LogP contribution < -0.4 is 9.80 Å². The molecule has 2 aromatic heterocycles. The number of ether oxygens (including phenoxy) is 1. The molecule has 2 aliphatic rings.